The van der Waals surface area contributed by atoms with Crippen molar-refractivity contribution in [3.8, 4) is 0 Å². The maximum atomic E-state index is 5.66. The fourth-order valence-electron chi connectivity index (χ4n) is 2.56. The van der Waals surface area contributed by atoms with Gasteiger partial charge in [0, 0.05) is 13.2 Å². The molecule has 2 unspecified atom stereocenters. The molecule has 0 radical (unpaired) electrons. The van der Waals surface area contributed by atoms with Crippen LogP contribution in [-0.4, -0.2) is 19.8 Å². The van der Waals surface area contributed by atoms with Crippen molar-refractivity contribution in [2.45, 2.75) is 19.8 Å². The Bertz CT molecular complexity index is 160. The lowest BCUT2D eigenvalue weighted by molar-refractivity contribution is 0.00754. The van der Waals surface area contributed by atoms with E-state index in [9.17, 15) is 0 Å². The van der Waals surface area contributed by atoms with Gasteiger partial charge in [-0.2, -0.15) is 0 Å². The molecular weight excluding hydrogens is 138 g/mol. The van der Waals surface area contributed by atoms with E-state index in [2.05, 4.69) is 6.92 Å². The first-order valence-electron chi connectivity index (χ1n) is 4.57. The summed E-state index contributed by atoms with van der Waals surface area (Å²) in [6.07, 6.45) is 2.60. The lowest BCUT2D eigenvalue weighted by Gasteiger charge is -2.30. The van der Waals surface area contributed by atoms with E-state index in [0.29, 0.717) is 5.41 Å². The summed E-state index contributed by atoms with van der Waals surface area (Å²) in [6.45, 7) is 5.09. The molecule has 0 bridgehead atoms. The maximum Gasteiger partial charge on any atom is 0.0497 e. The van der Waals surface area contributed by atoms with Crippen molar-refractivity contribution in [3.63, 3.8) is 0 Å². The minimum absolute atomic E-state index is 0.604. The van der Waals surface area contributed by atoms with E-state index < -0.39 is 0 Å². The summed E-state index contributed by atoms with van der Waals surface area (Å²) in [7, 11) is 0. The molecule has 1 saturated heterocycles. The van der Waals surface area contributed by atoms with Crippen molar-refractivity contribution >= 4 is 0 Å². The standard InChI is InChI=1S/C9H17NO/c1-7-6-11-3-2-9(7)4-8(9)5-10/h7-8H,2-6,10H2,1H3/t7?,8-,9?/m1/s1. The monoisotopic (exact) mass is 155 g/mol. The van der Waals surface area contributed by atoms with Gasteiger partial charge in [0.25, 0.3) is 0 Å². The van der Waals surface area contributed by atoms with E-state index in [-0.39, 0.29) is 0 Å². The molecule has 2 N–H and O–H groups in total. The zero-order valence-electron chi connectivity index (χ0n) is 7.18. The van der Waals surface area contributed by atoms with Crippen LogP contribution in [0.25, 0.3) is 0 Å². The Hall–Kier alpha value is -0.0800. The van der Waals surface area contributed by atoms with Gasteiger partial charge in [-0.05, 0) is 36.6 Å². The molecule has 0 aromatic carbocycles. The van der Waals surface area contributed by atoms with Crippen molar-refractivity contribution in [1.29, 1.82) is 0 Å². The molecule has 11 heavy (non-hydrogen) atoms. The summed E-state index contributed by atoms with van der Waals surface area (Å²) in [5, 5.41) is 0. The quantitative estimate of drug-likeness (QED) is 0.613. The van der Waals surface area contributed by atoms with Crippen LogP contribution in [0.5, 0.6) is 0 Å². The summed E-state index contributed by atoms with van der Waals surface area (Å²) >= 11 is 0. The molecule has 2 aliphatic rings. The van der Waals surface area contributed by atoms with Crippen LogP contribution in [0.3, 0.4) is 0 Å². The van der Waals surface area contributed by atoms with Gasteiger partial charge in [-0.25, -0.2) is 0 Å². The highest BCUT2D eigenvalue weighted by molar-refractivity contribution is 5.06. The van der Waals surface area contributed by atoms with Gasteiger partial charge in [-0.15, -0.1) is 0 Å². The fourth-order valence-corrected chi connectivity index (χ4v) is 2.56. The van der Waals surface area contributed by atoms with Crippen LogP contribution < -0.4 is 5.73 Å². The van der Waals surface area contributed by atoms with Gasteiger partial charge in [-0.1, -0.05) is 6.92 Å². The van der Waals surface area contributed by atoms with Crippen LogP contribution in [0.4, 0.5) is 0 Å². The van der Waals surface area contributed by atoms with Crippen LogP contribution in [-0.2, 0) is 4.74 Å². The number of nitrogens with two attached hydrogens (primary N) is 1. The highest BCUT2D eigenvalue weighted by atomic mass is 16.5. The van der Waals surface area contributed by atoms with Crippen molar-refractivity contribution in [3.05, 3.63) is 0 Å². The van der Waals surface area contributed by atoms with E-state index in [1.165, 1.54) is 12.8 Å². The molecule has 2 heteroatoms. The summed E-state index contributed by atoms with van der Waals surface area (Å²) in [4.78, 5) is 0. The largest absolute Gasteiger partial charge is 0.381 e. The number of hydrogen-bond donors (Lipinski definition) is 1. The number of ether oxygens (including phenoxy) is 1. The van der Waals surface area contributed by atoms with Crippen LogP contribution in [0, 0.1) is 17.3 Å². The molecule has 1 saturated carbocycles. The van der Waals surface area contributed by atoms with E-state index in [1.807, 2.05) is 0 Å². The minimum atomic E-state index is 0.604. The molecule has 0 aromatic heterocycles. The SMILES string of the molecule is CC1COCCC12C[C@@H]2CN. The van der Waals surface area contributed by atoms with Gasteiger partial charge in [0.1, 0.15) is 0 Å². The van der Waals surface area contributed by atoms with Crippen LogP contribution >= 0.6 is 0 Å². The first-order chi connectivity index (χ1) is 5.29. The second-order valence-corrected chi connectivity index (χ2v) is 4.10. The molecule has 1 aliphatic carbocycles. The molecule has 1 aliphatic heterocycles. The van der Waals surface area contributed by atoms with Gasteiger partial charge < -0.3 is 10.5 Å². The third-order valence-corrected chi connectivity index (χ3v) is 3.63. The number of rotatable bonds is 1. The van der Waals surface area contributed by atoms with Crippen LogP contribution in [0.1, 0.15) is 19.8 Å². The first-order valence-corrected chi connectivity index (χ1v) is 4.57. The Morgan fingerprint density at radius 3 is 3.00 bits per heavy atom. The smallest absolute Gasteiger partial charge is 0.0497 e. The Labute approximate surface area is 68.1 Å². The van der Waals surface area contributed by atoms with Gasteiger partial charge in [0.15, 0.2) is 0 Å². The highest BCUT2D eigenvalue weighted by Gasteiger charge is 2.56. The Morgan fingerprint density at radius 1 is 1.64 bits per heavy atom. The molecular formula is C9H17NO. The van der Waals surface area contributed by atoms with E-state index in [4.69, 9.17) is 10.5 Å². The zero-order chi connectivity index (χ0) is 7.90. The molecule has 2 rings (SSSR count). The van der Waals surface area contributed by atoms with Gasteiger partial charge >= 0.3 is 0 Å². The van der Waals surface area contributed by atoms with Crippen LogP contribution in [0.15, 0.2) is 0 Å². The van der Waals surface area contributed by atoms with Crippen molar-refractivity contribution in [1.82, 2.24) is 0 Å². The molecule has 0 amide bonds. The maximum absolute atomic E-state index is 5.66. The normalized spacial score (nSPS) is 49.6. The second-order valence-electron chi connectivity index (χ2n) is 4.10. The predicted molar refractivity (Wildman–Crippen MR) is 44.2 cm³/mol. The van der Waals surface area contributed by atoms with Gasteiger partial charge in [-0.3, -0.25) is 0 Å². The van der Waals surface area contributed by atoms with E-state index >= 15 is 0 Å². The lowest BCUT2D eigenvalue weighted by Crippen LogP contribution is -2.29. The molecule has 64 valence electrons. The van der Waals surface area contributed by atoms with Crippen molar-refractivity contribution < 1.29 is 4.74 Å². The molecule has 2 nitrogen and oxygen atoms in total. The fraction of sp³-hybridized carbons (Fsp3) is 1.00. The number of hydrogen-bond acceptors (Lipinski definition) is 2. The zero-order valence-corrected chi connectivity index (χ0v) is 7.18. The Morgan fingerprint density at radius 2 is 2.45 bits per heavy atom. The average molecular weight is 155 g/mol. The lowest BCUT2D eigenvalue weighted by atomic mass is 9.84. The summed E-state index contributed by atoms with van der Waals surface area (Å²) in [5.74, 6) is 1.55. The molecule has 1 heterocycles. The topological polar surface area (TPSA) is 35.2 Å². The summed E-state index contributed by atoms with van der Waals surface area (Å²) in [6, 6.07) is 0. The third-order valence-electron chi connectivity index (χ3n) is 3.63. The van der Waals surface area contributed by atoms with Gasteiger partial charge in [0.05, 0.1) is 0 Å². The Balaban J connectivity index is 2.01. The predicted octanol–water partition coefficient (Wildman–Crippen LogP) is 1.01. The molecule has 1 spiro atoms. The average Bonchev–Trinajstić information content (AvgIpc) is 2.72. The van der Waals surface area contributed by atoms with Crippen LogP contribution in [0.2, 0.25) is 0 Å². The van der Waals surface area contributed by atoms with Crippen molar-refractivity contribution in [2.75, 3.05) is 19.8 Å². The highest BCUT2D eigenvalue weighted by Crippen LogP contribution is 2.61. The van der Waals surface area contributed by atoms with Crippen molar-refractivity contribution in [2.24, 2.45) is 23.0 Å². The minimum Gasteiger partial charge on any atom is -0.381 e. The molecule has 2 fully saturated rings. The van der Waals surface area contributed by atoms with Gasteiger partial charge in [0.2, 0.25) is 0 Å². The molecule has 3 atom stereocenters. The second kappa shape index (κ2) is 2.46. The third kappa shape index (κ3) is 1.00. The van der Waals surface area contributed by atoms with E-state index in [1.54, 1.807) is 0 Å². The summed E-state index contributed by atoms with van der Waals surface area (Å²) < 4.78 is 5.41. The summed E-state index contributed by atoms with van der Waals surface area (Å²) in [5.41, 5.74) is 6.26. The van der Waals surface area contributed by atoms with E-state index in [0.717, 1.165) is 31.6 Å². The molecule has 0 aromatic rings. The first kappa shape index (κ1) is 7.56. The Kier molecular flexibility index (Phi) is 1.69.